The first-order valence-corrected chi connectivity index (χ1v) is 10.6. The molecule has 4 aromatic rings. The third-order valence-corrected chi connectivity index (χ3v) is 5.37. The van der Waals surface area contributed by atoms with Gasteiger partial charge in [0.2, 0.25) is 5.95 Å². The minimum absolute atomic E-state index is 0.542. The monoisotopic (exact) mass is 412 g/mol. The van der Waals surface area contributed by atoms with E-state index in [0.29, 0.717) is 12.4 Å². The van der Waals surface area contributed by atoms with Crippen LogP contribution in [0.2, 0.25) is 0 Å². The van der Waals surface area contributed by atoms with E-state index in [2.05, 4.69) is 37.3 Å². The third-order valence-electron chi connectivity index (χ3n) is 5.37. The second kappa shape index (κ2) is 8.95. The van der Waals surface area contributed by atoms with Crippen molar-refractivity contribution in [2.45, 2.75) is 25.9 Å². The highest BCUT2D eigenvalue weighted by Gasteiger charge is 2.15. The van der Waals surface area contributed by atoms with E-state index in [1.165, 1.54) is 25.6 Å². The molecule has 7 heteroatoms. The lowest BCUT2D eigenvalue weighted by atomic mass is 10.1. The minimum Gasteiger partial charge on any atom is -0.489 e. The van der Waals surface area contributed by atoms with Crippen LogP contribution in [0.5, 0.6) is 5.75 Å². The zero-order valence-electron chi connectivity index (χ0n) is 17.2. The SMILES string of the molecule is c1ccc(COc2ccc(Nc3ncnc4cnc(N5CCCCC5)nc34)cc2)cc1. The van der Waals surface area contributed by atoms with Crippen molar-refractivity contribution < 1.29 is 4.74 Å². The zero-order valence-corrected chi connectivity index (χ0v) is 17.2. The van der Waals surface area contributed by atoms with Crippen LogP contribution >= 0.6 is 0 Å². The molecule has 0 atom stereocenters. The molecule has 0 amide bonds. The average molecular weight is 412 g/mol. The van der Waals surface area contributed by atoms with Gasteiger partial charge in [0.25, 0.3) is 0 Å². The highest BCUT2D eigenvalue weighted by molar-refractivity contribution is 5.87. The number of rotatable bonds is 6. The summed E-state index contributed by atoms with van der Waals surface area (Å²) in [5, 5.41) is 3.36. The van der Waals surface area contributed by atoms with Crippen molar-refractivity contribution in [3.8, 4) is 5.75 Å². The molecule has 2 aromatic heterocycles. The first-order chi connectivity index (χ1) is 15.3. The Labute approximate surface area is 181 Å². The van der Waals surface area contributed by atoms with Crippen LogP contribution in [0.1, 0.15) is 24.8 Å². The molecular weight excluding hydrogens is 388 g/mol. The maximum Gasteiger partial charge on any atom is 0.226 e. The molecule has 1 N–H and O–H groups in total. The van der Waals surface area contributed by atoms with Crippen LogP contribution < -0.4 is 15.0 Å². The summed E-state index contributed by atoms with van der Waals surface area (Å²) in [6, 6.07) is 18.0. The smallest absolute Gasteiger partial charge is 0.226 e. The van der Waals surface area contributed by atoms with E-state index in [4.69, 9.17) is 9.72 Å². The lowest BCUT2D eigenvalue weighted by Gasteiger charge is -2.26. The first-order valence-electron chi connectivity index (χ1n) is 10.6. The normalized spacial score (nSPS) is 13.9. The summed E-state index contributed by atoms with van der Waals surface area (Å²) >= 11 is 0. The Morgan fingerprint density at radius 1 is 0.871 bits per heavy atom. The fourth-order valence-corrected chi connectivity index (χ4v) is 3.69. The molecule has 0 bridgehead atoms. The van der Waals surface area contributed by atoms with E-state index in [0.717, 1.165) is 47.1 Å². The first kappa shape index (κ1) is 19.2. The number of benzene rings is 2. The molecular formula is C24H24N6O. The van der Waals surface area contributed by atoms with Crippen molar-refractivity contribution in [2.75, 3.05) is 23.3 Å². The van der Waals surface area contributed by atoms with Gasteiger partial charge in [0, 0.05) is 18.8 Å². The fourth-order valence-electron chi connectivity index (χ4n) is 3.69. The Balaban J connectivity index is 1.32. The van der Waals surface area contributed by atoms with E-state index in [9.17, 15) is 0 Å². The van der Waals surface area contributed by atoms with Crippen molar-refractivity contribution in [2.24, 2.45) is 0 Å². The van der Waals surface area contributed by atoms with E-state index < -0.39 is 0 Å². The Hall–Kier alpha value is -3.74. The number of ether oxygens (including phenoxy) is 1. The van der Waals surface area contributed by atoms with Gasteiger partial charge in [-0.2, -0.15) is 0 Å². The number of nitrogens with one attached hydrogen (secondary N) is 1. The molecule has 1 saturated heterocycles. The lowest BCUT2D eigenvalue weighted by Crippen LogP contribution is -2.31. The lowest BCUT2D eigenvalue weighted by molar-refractivity contribution is 0.306. The summed E-state index contributed by atoms with van der Waals surface area (Å²) in [5.74, 6) is 2.23. The standard InChI is InChI=1S/C24H24N6O/c1-3-7-18(8-4-1)16-31-20-11-9-19(10-12-20)28-23-22-21(26-17-27-23)15-25-24(29-22)30-13-5-2-6-14-30/h1,3-4,7-12,15,17H,2,5-6,13-14,16H2,(H,26,27,28). The van der Waals surface area contributed by atoms with Crippen LogP contribution in [0, 0.1) is 0 Å². The average Bonchev–Trinajstić information content (AvgIpc) is 2.85. The van der Waals surface area contributed by atoms with E-state index >= 15 is 0 Å². The van der Waals surface area contributed by atoms with Gasteiger partial charge in [-0.05, 0) is 49.1 Å². The Morgan fingerprint density at radius 2 is 1.68 bits per heavy atom. The van der Waals surface area contributed by atoms with Gasteiger partial charge in [0.1, 0.15) is 29.7 Å². The number of anilines is 3. The Bertz CT molecular complexity index is 1140. The number of piperidine rings is 1. The number of hydrogen-bond donors (Lipinski definition) is 1. The largest absolute Gasteiger partial charge is 0.489 e. The molecule has 7 nitrogen and oxygen atoms in total. The van der Waals surface area contributed by atoms with E-state index in [1.807, 2.05) is 42.5 Å². The molecule has 0 radical (unpaired) electrons. The highest BCUT2D eigenvalue weighted by atomic mass is 16.5. The molecule has 0 spiro atoms. The quantitative estimate of drug-likeness (QED) is 0.490. The van der Waals surface area contributed by atoms with E-state index in [-0.39, 0.29) is 0 Å². The fraction of sp³-hybridized carbons (Fsp3) is 0.250. The summed E-state index contributed by atoms with van der Waals surface area (Å²) in [5.41, 5.74) is 3.50. The van der Waals surface area contributed by atoms with Gasteiger partial charge < -0.3 is 15.0 Å². The minimum atomic E-state index is 0.542. The van der Waals surface area contributed by atoms with Crippen LogP contribution in [-0.2, 0) is 6.61 Å². The molecule has 0 unspecified atom stereocenters. The molecule has 2 aromatic carbocycles. The van der Waals surface area contributed by atoms with Crippen LogP contribution in [-0.4, -0.2) is 33.0 Å². The predicted octanol–water partition coefficient (Wildman–Crippen LogP) is 4.73. The second-order valence-corrected chi connectivity index (χ2v) is 7.60. The van der Waals surface area contributed by atoms with Crippen molar-refractivity contribution in [3.05, 3.63) is 72.7 Å². The zero-order chi connectivity index (χ0) is 20.9. The van der Waals surface area contributed by atoms with Crippen molar-refractivity contribution >= 4 is 28.5 Å². The molecule has 1 fully saturated rings. The predicted molar refractivity (Wildman–Crippen MR) is 122 cm³/mol. The van der Waals surface area contributed by atoms with Gasteiger partial charge in [0.05, 0.1) is 6.20 Å². The van der Waals surface area contributed by atoms with Gasteiger partial charge >= 0.3 is 0 Å². The molecule has 5 rings (SSSR count). The summed E-state index contributed by atoms with van der Waals surface area (Å²) in [7, 11) is 0. The summed E-state index contributed by atoms with van der Waals surface area (Å²) in [6.07, 6.45) is 6.93. The number of hydrogen-bond acceptors (Lipinski definition) is 7. The third kappa shape index (κ3) is 4.55. The maximum absolute atomic E-state index is 5.87. The van der Waals surface area contributed by atoms with Crippen LogP contribution in [0.3, 0.4) is 0 Å². The van der Waals surface area contributed by atoms with Gasteiger partial charge in [-0.25, -0.2) is 19.9 Å². The molecule has 0 aliphatic carbocycles. The van der Waals surface area contributed by atoms with Gasteiger partial charge in [-0.15, -0.1) is 0 Å². The maximum atomic E-state index is 5.87. The van der Waals surface area contributed by atoms with Gasteiger partial charge in [-0.3, -0.25) is 0 Å². The second-order valence-electron chi connectivity index (χ2n) is 7.60. The molecule has 0 saturated carbocycles. The molecule has 1 aliphatic rings. The topological polar surface area (TPSA) is 76.1 Å². The van der Waals surface area contributed by atoms with Crippen molar-refractivity contribution in [1.82, 2.24) is 19.9 Å². The number of aromatic nitrogens is 4. The van der Waals surface area contributed by atoms with Gasteiger partial charge in [-0.1, -0.05) is 30.3 Å². The van der Waals surface area contributed by atoms with Crippen molar-refractivity contribution in [1.29, 1.82) is 0 Å². The Kier molecular flexibility index (Phi) is 5.56. The van der Waals surface area contributed by atoms with Crippen LogP contribution in [0.15, 0.2) is 67.1 Å². The number of nitrogens with zero attached hydrogens (tertiary/aromatic N) is 5. The van der Waals surface area contributed by atoms with Crippen molar-refractivity contribution in [3.63, 3.8) is 0 Å². The molecule has 1 aliphatic heterocycles. The summed E-state index contributed by atoms with van der Waals surface area (Å²) in [6.45, 7) is 2.53. The van der Waals surface area contributed by atoms with E-state index in [1.54, 1.807) is 6.20 Å². The van der Waals surface area contributed by atoms with Gasteiger partial charge in [0.15, 0.2) is 5.82 Å². The summed E-state index contributed by atoms with van der Waals surface area (Å²) < 4.78 is 5.87. The van der Waals surface area contributed by atoms with Crippen LogP contribution in [0.25, 0.3) is 11.0 Å². The molecule has 31 heavy (non-hydrogen) atoms. The molecule has 156 valence electrons. The Morgan fingerprint density at radius 3 is 2.48 bits per heavy atom. The summed E-state index contributed by atoms with van der Waals surface area (Å²) in [4.78, 5) is 20.3. The highest BCUT2D eigenvalue weighted by Crippen LogP contribution is 2.25. The van der Waals surface area contributed by atoms with Crippen LogP contribution in [0.4, 0.5) is 17.5 Å². The number of fused-ring (bicyclic) bond motifs is 1. The molecule has 3 heterocycles.